The van der Waals surface area contributed by atoms with E-state index in [4.69, 9.17) is 11.6 Å². The molecule has 3 rings (SSSR count). The molecule has 0 saturated heterocycles. The molecule has 0 spiro atoms. The van der Waals surface area contributed by atoms with Gasteiger partial charge in [0.1, 0.15) is 5.82 Å². The molecule has 0 atom stereocenters. The standard InChI is InChI=1S/C13H10ClFN4O2S/c14-10-7-9(4-5-11(10)15)22(20,21)16-8-13-18-17-12-3-1-2-6-19(12)13/h1-7,16H,8H2. The predicted octanol–water partition coefficient (Wildman–Crippen LogP) is 2.00. The summed E-state index contributed by atoms with van der Waals surface area (Å²) in [7, 11) is -3.83. The zero-order valence-corrected chi connectivity index (χ0v) is 12.6. The highest BCUT2D eigenvalue weighted by atomic mass is 35.5. The molecule has 0 amide bonds. The Morgan fingerprint density at radius 3 is 2.82 bits per heavy atom. The number of sulfonamides is 1. The van der Waals surface area contributed by atoms with E-state index in [0.717, 1.165) is 18.2 Å². The molecular weight excluding hydrogens is 331 g/mol. The zero-order chi connectivity index (χ0) is 15.7. The molecule has 0 aliphatic heterocycles. The molecule has 0 aliphatic carbocycles. The van der Waals surface area contributed by atoms with E-state index >= 15 is 0 Å². The highest BCUT2D eigenvalue weighted by Crippen LogP contribution is 2.19. The average Bonchev–Trinajstić information content (AvgIpc) is 2.91. The molecule has 3 aromatic rings. The molecule has 0 saturated carbocycles. The SMILES string of the molecule is O=S(=O)(NCc1nnc2ccccn12)c1ccc(F)c(Cl)c1. The van der Waals surface area contributed by atoms with Crippen molar-refractivity contribution < 1.29 is 12.8 Å². The van der Waals surface area contributed by atoms with E-state index < -0.39 is 15.8 Å². The maximum absolute atomic E-state index is 13.1. The minimum atomic E-state index is -3.83. The first-order valence-corrected chi connectivity index (χ1v) is 8.07. The van der Waals surface area contributed by atoms with E-state index in [2.05, 4.69) is 14.9 Å². The molecular formula is C13H10ClFN4O2S. The van der Waals surface area contributed by atoms with Crippen LogP contribution in [0.5, 0.6) is 0 Å². The van der Waals surface area contributed by atoms with E-state index in [1.54, 1.807) is 28.8 Å². The maximum atomic E-state index is 13.1. The molecule has 114 valence electrons. The molecule has 0 aliphatic rings. The van der Waals surface area contributed by atoms with Crippen LogP contribution >= 0.6 is 11.6 Å². The number of nitrogens with one attached hydrogen (secondary N) is 1. The first-order chi connectivity index (χ1) is 10.5. The lowest BCUT2D eigenvalue weighted by molar-refractivity contribution is 0.578. The number of hydrogen-bond donors (Lipinski definition) is 1. The average molecular weight is 341 g/mol. The van der Waals surface area contributed by atoms with Crippen molar-refractivity contribution in [2.45, 2.75) is 11.4 Å². The van der Waals surface area contributed by atoms with E-state index in [1.807, 2.05) is 0 Å². The van der Waals surface area contributed by atoms with Gasteiger partial charge in [-0.2, -0.15) is 0 Å². The van der Waals surface area contributed by atoms with Gasteiger partial charge in [-0.3, -0.25) is 4.40 Å². The lowest BCUT2D eigenvalue weighted by atomic mass is 10.3. The maximum Gasteiger partial charge on any atom is 0.241 e. The molecule has 6 nitrogen and oxygen atoms in total. The van der Waals surface area contributed by atoms with E-state index in [0.29, 0.717) is 11.5 Å². The Balaban J connectivity index is 1.84. The first kappa shape index (κ1) is 14.9. The van der Waals surface area contributed by atoms with Gasteiger partial charge in [0.25, 0.3) is 0 Å². The number of benzene rings is 1. The lowest BCUT2D eigenvalue weighted by Gasteiger charge is -2.06. The lowest BCUT2D eigenvalue weighted by Crippen LogP contribution is -2.24. The predicted molar refractivity (Wildman–Crippen MR) is 78.4 cm³/mol. The molecule has 0 radical (unpaired) electrons. The Bertz CT molecular complexity index is 942. The van der Waals surface area contributed by atoms with Crippen molar-refractivity contribution in [3.63, 3.8) is 0 Å². The smallest absolute Gasteiger partial charge is 0.241 e. The molecule has 9 heteroatoms. The minimum Gasteiger partial charge on any atom is -0.285 e. The highest BCUT2D eigenvalue weighted by Gasteiger charge is 2.17. The number of halogens is 2. The summed E-state index contributed by atoms with van der Waals surface area (Å²) in [6, 6.07) is 8.55. The fourth-order valence-corrected chi connectivity index (χ4v) is 3.15. The van der Waals surface area contributed by atoms with Crippen LogP contribution in [-0.4, -0.2) is 23.0 Å². The third-order valence-electron chi connectivity index (χ3n) is 3.01. The van der Waals surface area contributed by atoms with E-state index in [1.165, 1.54) is 0 Å². The molecule has 2 aromatic heterocycles. The van der Waals surface area contributed by atoms with Crippen LogP contribution in [-0.2, 0) is 16.6 Å². The van der Waals surface area contributed by atoms with Crippen LogP contribution in [0, 0.1) is 5.82 Å². The fraction of sp³-hybridized carbons (Fsp3) is 0.0769. The Hall–Kier alpha value is -2.03. The second-order valence-corrected chi connectivity index (χ2v) is 6.62. The zero-order valence-electron chi connectivity index (χ0n) is 11.1. The van der Waals surface area contributed by atoms with Gasteiger partial charge < -0.3 is 0 Å². The summed E-state index contributed by atoms with van der Waals surface area (Å²) in [5.74, 6) is -0.239. The Kier molecular flexibility index (Phi) is 3.81. The van der Waals surface area contributed by atoms with Crippen molar-refractivity contribution in [3.05, 3.63) is 59.3 Å². The van der Waals surface area contributed by atoms with Crippen LogP contribution < -0.4 is 4.72 Å². The van der Waals surface area contributed by atoms with Crippen LogP contribution in [0.1, 0.15) is 5.82 Å². The van der Waals surface area contributed by atoms with Crippen molar-refractivity contribution in [1.82, 2.24) is 19.3 Å². The van der Waals surface area contributed by atoms with Gasteiger partial charge in [0.15, 0.2) is 11.5 Å². The van der Waals surface area contributed by atoms with Crippen LogP contribution in [0.2, 0.25) is 5.02 Å². The molecule has 22 heavy (non-hydrogen) atoms. The molecule has 2 heterocycles. The molecule has 1 aromatic carbocycles. The Morgan fingerprint density at radius 2 is 2.05 bits per heavy atom. The summed E-state index contributed by atoms with van der Waals surface area (Å²) in [6.07, 6.45) is 1.73. The van der Waals surface area contributed by atoms with Gasteiger partial charge in [0.05, 0.1) is 16.5 Å². The van der Waals surface area contributed by atoms with Crippen molar-refractivity contribution in [1.29, 1.82) is 0 Å². The third-order valence-corrected chi connectivity index (χ3v) is 4.69. The third kappa shape index (κ3) is 2.80. The van der Waals surface area contributed by atoms with Crippen molar-refractivity contribution in [3.8, 4) is 0 Å². The van der Waals surface area contributed by atoms with Gasteiger partial charge in [-0.05, 0) is 30.3 Å². The van der Waals surface area contributed by atoms with Gasteiger partial charge in [-0.25, -0.2) is 17.5 Å². The van der Waals surface area contributed by atoms with Crippen molar-refractivity contribution in [2.24, 2.45) is 0 Å². The first-order valence-electron chi connectivity index (χ1n) is 6.21. The molecule has 0 bridgehead atoms. The van der Waals surface area contributed by atoms with Crippen LogP contribution in [0.3, 0.4) is 0 Å². The molecule has 0 fully saturated rings. The molecule has 0 unspecified atom stereocenters. The monoisotopic (exact) mass is 340 g/mol. The normalized spacial score (nSPS) is 11.9. The summed E-state index contributed by atoms with van der Waals surface area (Å²) in [6.45, 7) is -0.0531. The van der Waals surface area contributed by atoms with Gasteiger partial charge in [-0.1, -0.05) is 17.7 Å². The summed E-state index contributed by atoms with van der Waals surface area (Å²) < 4.78 is 41.5. The highest BCUT2D eigenvalue weighted by molar-refractivity contribution is 7.89. The second kappa shape index (κ2) is 5.64. The van der Waals surface area contributed by atoms with Gasteiger partial charge in [-0.15, -0.1) is 10.2 Å². The number of rotatable bonds is 4. The second-order valence-electron chi connectivity index (χ2n) is 4.45. The van der Waals surface area contributed by atoms with Gasteiger partial charge >= 0.3 is 0 Å². The van der Waals surface area contributed by atoms with Gasteiger partial charge in [0, 0.05) is 6.20 Å². The number of aromatic nitrogens is 3. The van der Waals surface area contributed by atoms with Crippen molar-refractivity contribution in [2.75, 3.05) is 0 Å². The number of pyridine rings is 1. The van der Waals surface area contributed by atoms with Crippen LogP contribution in [0.4, 0.5) is 4.39 Å². The van der Waals surface area contributed by atoms with Crippen LogP contribution in [0.15, 0.2) is 47.5 Å². The number of nitrogens with zero attached hydrogens (tertiary/aromatic N) is 3. The molecule has 1 N–H and O–H groups in total. The summed E-state index contributed by atoms with van der Waals surface area (Å²) in [5.41, 5.74) is 0.613. The van der Waals surface area contributed by atoms with E-state index in [-0.39, 0.29) is 16.5 Å². The Morgan fingerprint density at radius 1 is 1.23 bits per heavy atom. The van der Waals surface area contributed by atoms with Crippen molar-refractivity contribution >= 4 is 27.3 Å². The number of hydrogen-bond acceptors (Lipinski definition) is 4. The van der Waals surface area contributed by atoms with E-state index in [9.17, 15) is 12.8 Å². The quantitative estimate of drug-likeness (QED) is 0.788. The number of fused-ring (bicyclic) bond motifs is 1. The minimum absolute atomic E-state index is 0.0531. The van der Waals surface area contributed by atoms with Gasteiger partial charge in [0.2, 0.25) is 10.0 Å². The summed E-state index contributed by atoms with van der Waals surface area (Å²) in [4.78, 5) is -0.118. The summed E-state index contributed by atoms with van der Waals surface area (Å²) >= 11 is 5.60. The summed E-state index contributed by atoms with van der Waals surface area (Å²) in [5, 5.41) is 7.60. The topological polar surface area (TPSA) is 76.4 Å². The largest absolute Gasteiger partial charge is 0.285 e. The fourth-order valence-electron chi connectivity index (χ4n) is 1.90. The Labute approximate surface area is 130 Å². The van der Waals surface area contributed by atoms with Crippen LogP contribution in [0.25, 0.3) is 5.65 Å².